The van der Waals surface area contributed by atoms with E-state index in [-0.39, 0.29) is 23.5 Å². The van der Waals surface area contributed by atoms with E-state index < -0.39 is 24.3 Å². The zero-order valence-electron chi connectivity index (χ0n) is 16.2. The summed E-state index contributed by atoms with van der Waals surface area (Å²) in [6, 6.07) is 7.26. The Bertz CT molecular complexity index is 1040. The van der Waals surface area contributed by atoms with Crippen molar-refractivity contribution in [3.05, 3.63) is 46.8 Å². The van der Waals surface area contributed by atoms with Gasteiger partial charge in [-0.25, -0.2) is 9.78 Å². The summed E-state index contributed by atoms with van der Waals surface area (Å²) in [6.45, 7) is 4.76. The number of esters is 2. The molecule has 2 heterocycles. The number of aromatic nitrogens is 2. The number of fused-ring (bicyclic) bond motifs is 1. The normalized spacial score (nSPS) is 10.9. The second kappa shape index (κ2) is 8.95. The summed E-state index contributed by atoms with van der Waals surface area (Å²) in [5, 5.41) is 0.344. The number of Topliss-reactive ketones (excluding diaryl/α,β-unsaturated/α-hetero) is 1. The van der Waals surface area contributed by atoms with E-state index >= 15 is 0 Å². The second-order valence-corrected chi connectivity index (χ2v) is 7.09. The van der Waals surface area contributed by atoms with E-state index in [0.29, 0.717) is 27.7 Å². The fraction of sp³-hybridized carbons (Fsp3) is 0.300. The number of thioether (sulfide) groups is 1. The van der Waals surface area contributed by atoms with E-state index in [1.165, 1.54) is 0 Å². The standard InChI is InChI=1S/C20H20N2O6S/c1-4-26-19(25)18-12(3)21-11(2)17(18)14(23)9-27-16(24)10-29-20-22-13-7-5-6-8-15(13)28-20/h5-8,21H,4,9-10H2,1-3H3. The number of nitrogens with zero attached hydrogens (tertiary/aromatic N) is 1. The van der Waals surface area contributed by atoms with E-state index in [1.54, 1.807) is 26.8 Å². The molecule has 0 aliphatic heterocycles. The van der Waals surface area contributed by atoms with Gasteiger partial charge < -0.3 is 18.9 Å². The van der Waals surface area contributed by atoms with Gasteiger partial charge in [0.15, 0.2) is 12.2 Å². The van der Waals surface area contributed by atoms with Gasteiger partial charge in [0.25, 0.3) is 5.22 Å². The molecule has 2 aromatic heterocycles. The first-order chi connectivity index (χ1) is 13.9. The number of hydrogen-bond donors (Lipinski definition) is 1. The van der Waals surface area contributed by atoms with Crippen molar-refractivity contribution in [1.82, 2.24) is 9.97 Å². The van der Waals surface area contributed by atoms with Gasteiger partial charge in [-0.15, -0.1) is 0 Å². The van der Waals surface area contributed by atoms with Gasteiger partial charge in [0, 0.05) is 11.4 Å². The Morgan fingerprint density at radius 3 is 2.55 bits per heavy atom. The molecule has 29 heavy (non-hydrogen) atoms. The number of nitrogens with one attached hydrogen (secondary N) is 1. The largest absolute Gasteiger partial charge is 0.462 e. The van der Waals surface area contributed by atoms with Gasteiger partial charge in [-0.2, -0.15) is 0 Å². The van der Waals surface area contributed by atoms with Crippen LogP contribution in [0.5, 0.6) is 0 Å². The van der Waals surface area contributed by atoms with Gasteiger partial charge in [0.1, 0.15) is 11.3 Å². The molecule has 152 valence electrons. The zero-order chi connectivity index (χ0) is 21.0. The fourth-order valence-electron chi connectivity index (χ4n) is 2.88. The van der Waals surface area contributed by atoms with Crippen LogP contribution in [0.2, 0.25) is 0 Å². The maximum atomic E-state index is 12.6. The highest BCUT2D eigenvalue weighted by atomic mass is 32.2. The molecule has 0 aliphatic rings. The lowest BCUT2D eigenvalue weighted by Crippen LogP contribution is -2.19. The number of carbonyl (C=O) groups excluding carboxylic acids is 3. The number of ether oxygens (including phenoxy) is 2. The summed E-state index contributed by atoms with van der Waals surface area (Å²) in [5.41, 5.74) is 2.73. The molecule has 0 amide bonds. The van der Waals surface area contributed by atoms with E-state index in [1.807, 2.05) is 18.2 Å². The predicted octanol–water partition coefficient (Wildman–Crippen LogP) is 3.47. The summed E-state index contributed by atoms with van der Waals surface area (Å²) in [6.07, 6.45) is 0. The molecule has 0 bridgehead atoms. The molecule has 1 N–H and O–H groups in total. The van der Waals surface area contributed by atoms with Crippen molar-refractivity contribution >= 4 is 40.6 Å². The Kier molecular flexibility index (Phi) is 6.38. The predicted molar refractivity (Wildman–Crippen MR) is 106 cm³/mol. The fourth-order valence-corrected chi connectivity index (χ4v) is 3.52. The first-order valence-corrected chi connectivity index (χ1v) is 9.92. The molecule has 3 aromatic rings. The van der Waals surface area contributed by atoms with Crippen molar-refractivity contribution in [2.24, 2.45) is 0 Å². The molecular formula is C20H20N2O6S. The molecule has 0 radical (unpaired) electrons. The SMILES string of the molecule is CCOC(=O)c1c(C)[nH]c(C)c1C(=O)COC(=O)CSc1nc2ccccc2o1. The lowest BCUT2D eigenvalue weighted by Gasteiger charge is -2.06. The molecule has 9 heteroatoms. The summed E-state index contributed by atoms with van der Waals surface area (Å²) < 4.78 is 15.6. The summed E-state index contributed by atoms with van der Waals surface area (Å²) in [5.74, 6) is -1.71. The second-order valence-electron chi connectivity index (χ2n) is 6.17. The minimum atomic E-state index is -0.590. The maximum Gasteiger partial charge on any atom is 0.340 e. The average molecular weight is 416 g/mol. The van der Waals surface area contributed by atoms with Gasteiger partial charge in [-0.3, -0.25) is 9.59 Å². The topological polar surface area (TPSA) is 111 Å². The van der Waals surface area contributed by atoms with Gasteiger partial charge in [0.2, 0.25) is 5.78 Å². The number of aryl methyl sites for hydroxylation is 2. The number of carbonyl (C=O) groups is 3. The van der Waals surface area contributed by atoms with Gasteiger partial charge in [-0.05, 0) is 32.9 Å². The number of H-pyrrole nitrogens is 1. The summed E-state index contributed by atoms with van der Waals surface area (Å²) in [7, 11) is 0. The molecule has 0 spiro atoms. The third-order valence-corrected chi connectivity index (χ3v) is 4.89. The van der Waals surface area contributed by atoms with Crippen LogP contribution < -0.4 is 0 Å². The highest BCUT2D eigenvalue weighted by Gasteiger charge is 2.26. The van der Waals surface area contributed by atoms with E-state index in [4.69, 9.17) is 13.9 Å². The first kappa shape index (κ1) is 20.7. The van der Waals surface area contributed by atoms with Gasteiger partial charge in [-0.1, -0.05) is 23.9 Å². The van der Waals surface area contributed by atoms with Crippen LogP contribution in [0.3, 0.4) is 0 Å². The molecule has 0 saturated heterocycles. The minimum absolute atomic E-state index is 0.0595. The summed E-state index contributed by atoms with van der Waals surface area (Å²) in [4.78, 5) is 43.9. The van der Waals surface area contributed by atoms with Crippen LogP contribution in [0.25, 0.3) is 11.1 Å². The van der Waals surface area contributed by atoms with Crippen molar-refractivity contribution in [2.45, 2.75) is 26.0 Å². The van der Waals surface area contributed by atoms with Gasteiger partial charge >= 0.3 is 11.9 Å². The number of aromatic amines is 1. The molecule has 0 atom stereocenters. The van der Waals surface area contributed by atoms with Crippen molar-refractivity contribution in [2.75, 3.05) is 19.0 Å². The minimum Gasteiger partial charge on any atom is -0.462 e. The Morgan fingerprint density at radius 2 is 1.83 bits per heavy atom. The average Bonchev–Trinajstić information content (AvgIpc) is 3.24. The Labute approximate surface area is 171 Å². The molecule has 0 unspecified atom stereocenters. The number of oxazole rings is 1. The quantitative estimate of drug-likeness (QED) is 0.338. The number of hydrogen-bond acceptors (Lipinski definition) is 8. The number of para-hydroxylation sites is 2. The summed E-state index contributed by atoms with van der Waals surface area (Å²) >= 11 is 1.08. The van der Waals surface area contributed by atoms with E-state index in [9.17, 15) is 14.4 Å². The highest BCUT2D eigenvalue weighted by Crippen LogP contribution is 2.23. The Hall–Kier alpha value is -3.07. The van der Waals surface area contributed by atoms with Crippen LogP contribution in [0.4, 0.5) is 0 Å². The van der Waals surface area contributed by atoms with Crippen molar-refractivity contribution in [3.63, 3.8) is 0 Å². The third-order valence-electron chi connectivity index (χ3n) is 4.09. The number of ketones is 1. The zero-order valence-corrected chi connectivity index (χ0v) is 17.1. The molecule has 0 aliphatic carbocycles. The van der Waals surface area contributed by atoms with Gasteiger partial charge in [0.05, 0.1) is 17.7 Å². The molecule has 0 saturated carbocycles. The number of rotatable bonds is 8. The highest BCUT2D eigenvalue weighted by molar-refractivity contribution is 7.99. The van der Waals surface area contributed by atoms with Crippen molar-refractivity contribution in [3.8, 4) is 0 Å². The van der Waals surface area contributed by atoms with Crippen LogP contribution in [-0.2, 0) is 14.3 Å². The van der Waals surface area contributed by atoms with Crippen LogP contribution in [0, 0.1) is 13.8 Å². The maximum absolute atomic E-state index is 12.6. The number of benzene rings is 1. The van der Waals surface area contributed by atoms with Crippen LogP contribution in [0.15, 0.2) is 33.9 Å². The molecule has 1 aromatic carbocycles. The third kappa shape index (κ3) is 4.68. The molecule has 3 rings (SSSR count). The smallest absolute Gasteiger partial charge is 0.340 e. The Morgan fingerprint density at radius 1 is 1.10 bits per heavy atom. The van der Waals surface area contributed by atoms with Crippen molar-refractivity contribution < 1.29 is 28.3 Å². The van der Waals surface area contributed by atoms with Crippen LogP contribution in [0.1, 0.15) is 39.0 Å². The van der Waals surface area contributed by atoms with Crippen LogP contribution in [-0.4, -0.2) is 46.7 Å². The molecule has 0 fully saturated rings. The monoisotopic (exact) mass is 416 g/mol. The first-order valence-electron chi connectivity index (χ1n) is 8.94. The van der Waals surface area contributed by atoms with Crippen molar-refractivity contribution in [1.29, 1.82) is 0 Å². The molecule has 8 nitrogen and oxygen atoms in total. The lowest BCUT2D eigenvalue weighted by atomic mass is 10.1. The Balaban J connectivity index is 1.59. The van der Waals surface area contributed by atoms with E-state index in [0.717, 1.165) is 11.8 Å². The molecular weight excluding hydrogens is 396 g/mol. The van der Waals surface area contributed by atoms with Crippen LogP contribution >= 0.6 is 11.8 Å². The lowest BCUT2D eigenvalue weighted by molar-refractivity contribution is -0.139. The van der Waals surface area contributed by atoms with E-state index in [2.05, 4.69) is 9.97 Å².